The topological polar surface area (TPSA) is 88.6 Å². The highest BCUT2D eigenvalue weighted by molar-refractivity contribution is 7.89. The number of hydrogen-bond donors (Lipinski definition) is 1. The van der Waals surface area contributed by atoms with Crippen LogP contribution in [0.15, 0.2) is 41.4 Å². The summed E-state index contributed by atoms with van der Waals surface area (Å²) < 4.78 is 32.1. The number of pyridine rings is 1. The number of nitrogens with zero attached hydrogens (tertiary/aromatic N) is 2. The second-order valence-corrected chi connectivity index (χ2v) is 8.13. The molecule has 0 radical (unpaired) electrons. The Morgan fingerprint density at radius 1 is 1.19 bits per heavy atom. The Bertz CT molecular complexity index is 931. The molecule has 7 nitrogen and oxygen atoms in total. The molecule has 1 amide bonds. The fraction of sp³-hybridized carbons (Fsp3) is 0.250. The van der Waals surface area contributed by atoms with Gasteiger partial charge in [0.05, 0.1) is 23.8 Å². The van der Waals surface area contributed by atoms with E-state index in [4.69, 9.17) is 27.9 Å². The largest absolute Gasteiger partial charge is 0.379 e. The summed E-state index contributed by atoms with van der Waals surface area (Å²) in [6, 6.07) is 7.37. The first-order valence-corrected chi connectivity index (χ1v) is 9.88. The molecule has 1 N–H and O–H groups in total. The molecule has 0 saturated carbocycles. The number of amides is 1. The molecule has 3 rings (SSSR count). The molecule has 1 aliphatic heterocycles. The molecule has 1 fully saturated rings. The Morgan fingerprint density at radius 2 is 1.92 bits per heavy atom. The predicted molar refractivity (Wildman–Crippen MR) is 98.2 cm³/mol. The van der Waals surface area contributed by atoms with Crippen LogP contribution in [0.1, 0.15) is 10.4 Å². The summed E-state index contributed by atoms with van der Waals surface area (Å²) in [7, 11) is -3.79. The van der Waals surface area contributed by atoms with Crippen LogP contribution in [-0.4, -0.2) is 49.9 Å². The molecule has 0 bridgehead atoms. The number of hydrogen-bond acceptors (Lipinski definition) is 5. The third-order valence-corrected chi connectivity index (χ3v) is 6.46. The Morgan fingerprint density at radius 3 is 2.62 bits per heavy atom. The third-order valence-electron chi connectivity index (χ3n) is 3.78. The smallest absolute Gasteiger partial charge is 0.258 e. The number of anilines is 1. The first kappa shape index (κ1) is 19.1. The number of halogens is 2. The molecule has 0 unspecified atom stereocenters. The van der Waals surface area contributed by atoms with Crippen LogP contribution >= 0.6 is 23.2 Å². The minimum atomic E-state index is -3.79. The van der Waals surface area contributed by atoms with Gasteiger partial charge in [0.25, 0.3) is 5.91 Å². The zero-order chi connectivity index (χ0) is 18.7. The Labute approximate surface area is 160 Å². The van der Waals surface area contributed by atoms with Crippen molar-refractivity contribution >= 4 is 44.8 Å². The lowest BCUT2D eigenvalue weighted by Gasteiger charge is -2.26. The number of nitrogens with one attached hydrogen (secondary N) is 1. The van der Waals surface area contributed by atoms with E-state index in [0.717, 1.165) is 0 Å². The quantitative estimate of drug-likeness (QED) is 0.775. The lowest BCUT2D eigenvalue weighted by molar-refractivity contribution is 0.0730. The van der Waals surface area contributed by atoms with E-state index in [-0.39, 0.29) is 39.4 Å². The van der Waals surface area contributed by atoms with Crippen LogP contribution in [0.5, 0.6) is 0 Å². The number of carbonyl (C=O) groups excluding carboxylic acids is 1. The molecule has 2 heterocycles. The number of morpholine rings is 1. The van der Waals surface area contributed by atoms with Gasteiger partial charge in [0.15, 0.2) is 0 Å². The number of sulfonamides is 1. The van der Waals surface area contributed by atoms with Gasteiger partial charge in [-0.25, -0.2) is 13.4 Å². The van der Waals surface area contributed by atoms with Crippen molar-refractivity contribution in [3.05, 3.63) is 52.3 Å². The lowest BCUT2D eigenvalue weighted by atomic mass is 10.2. The molecule has 1 aromatic carbocycles. The van der Waals surface area contributed by atoms with Crippen molar-refractivity contribution in [3.63, 3.8) is 0 Å². The molecule has 1 aromatic heterocycles. The number of aromatic nitrogens is 1. The zero-order valence-electron chi connectivity index (χ0n) is 13.5. The summed E-state index contributed by atoms with van der Waals surface area (Å²) in [5.41, 5.74) is 0.466. The minimum Gasteiger partial charge on any atom is -0.379 e. The Kier molecular flexibility index (Phi) is 5.79. The number of benzene rings is 1. The van der Waals surface area contributed by atoms with Crippen molar-refractivity contribution in [2.24, 2.45) is 0 Å². The SMILES string of the molecule is O=C(Nc1ccc(Cl)c(S(=O)(=O)N2CCOCC2)c1)c1cccnc1Cl. The fourth-order valence-corrected chi connectivity index (χ4v) is 4.57. The van der Waals surface area contributed by atoms with E-state index in [0.29, 0.717) is 13.2 Å². The molecule has 1 saturated heterocycles. The van der Waals surface area contributed by atoms with E-state index in [1.807, 2.05) is 0 Å². The summed E-state index contributed by atoms with van der Waals surface area (Å²) >= 11 is 12.0. The van der Waals surface area contributed by atoms with Crippen LogP contribution in [-0.2, 0) is 14.8 Å². The maximum atomic E-state index is 12.8. The molecule has 10 heteroatoms. The van der Waals surface area contributed by atoms with Crippen LogP contribution in [0.25, 0.3) is 0 Å². The number of carbonyl (C=O) groups is 1. The summed E-state index contributed by atoms with van der Waals surface area (Å²) in [6.45, 7) is 1.15. The van der Waals surface area contributed by atoms with Gasteiger partial charge in [-0.1, -0.05) is 23.2 Å². The Balaban J connectivity index is 1.88. The average Bonchev–Trinajstić information content (AvgIpc) is 2.64. The van der Waals surface area contributed by atoms with Crippen molar-refractivity contribution in [3.8, 4) is 0 Å². The van der Waals surface area contributed by atoms with Crippen LogP contribution in [0, 0.1) is 0 Å². The van der Waals surface area contributed by atoms with Gasteiger partial charge in [0.1, 0.15) is 10.0 Å². The highest BCUT2D eigenvalue weighted by Gasteiger charge is 2.28. The van der Waals surface area contributed by atoms with Gasteiger partial charge in [0.2, 0.25) is 10.0 Å². The van der Waals surface area contributed by atoms with E-state index in [1.54, 1.807) is 6.07 Å². The van der Waals surface area contributed by atoms with Gasteiger partial charge in [-0.05, 0) is 30.3 Å². The summed E-state index contributed by atoms with van der Waals surface area (Å²) in [6.07, 6.45) is 1.47. The fourth-order valence-electron chi connectivity index (χ4n) is 2.46. The van der Waals surface area contributed by atoms with E-state index >= 15 is 0 Å². The third kappa shape index (κ3) is 3.99. The normalized spacial score (nSPS) is 15.6. The van der Waals surface area contributed by atoms with Gasteiger partial charge in [-0.15, -0.1) is 0 Å². The van der Waals surface area contributed by atoms with Crippen LogP contribution in [0.4, 0.5) is 5.69 Å². The van der Waals surface area contributed by atoms with Gasteiger partial charge in [-0.3, -0.25) is 4.79 Å². The van der Waals surface area contributed by atoms with Crippen molar-refractivity contribution in [2.75, 3.05) is 31.6 Å². The van der Waals surface area contributed by atoms with Gasteiger partial charge in [-0.2, -0.15) is 4.31 Å². The lowest BCUT2D eigenvalue weighted by Crippen LogP contribution is -2.40. The molecule has 26 heavy (non-hydrogen) atoms. The van der Waals surface area contributed by atoms with Crippen molar-refractivity contribution < 1.29 is 17.9 Å². The van der Waals surface area contributed by atoms with Crippen LogP contribution < -0.4 is 5.32 Å². The summed E-state index contributed by atoms with van der Waals surface area (Å²) in [4.78, 5) is 16.1. The van der Waals surface area contributed by atoms with E-state index in [2.05, 4.69) is 10.3 Å². The van der Waals surface area contributed by atoms with Gasteiger partial charge >= 0.3 is 0 Å². The molecule has 0 spiro atoms. The number of rotatable bonds is 4. The average molecular weight is 416 g/mol. The molecule has 2 aromatic rings. The second-order valence-electron chi connectivity index (χ2n) is 5.46. The molecular weight excluding hydrogens is 401 g/mol. The molecule has 0 aliphatic carbocycles. The summed E-state index contributed by atoms with van der Waals surface area (Å²) in [5.74, 6) is -0.500. The van der Waals surface area contributed by atoms with E-state index in [9.17, 15) is 13.2 Å². The standard InChI is InChI=1S/C16H15Cl2N3O4S/c17-13-4-3-11(20-16(22)12-2-1-5-19-15(12)18)10-14(13)26(23,24)21-6-8-25-9-7-21/h1-5,10H,6-9H2,(H,20,22). The molecule has 0 atom stereocenters. The highest BCUT2D eigenvalue weighted by Crippen LogP contribution is 2.28. The first-order valence-electron chi connectivity index (χ1n) is 7.69. The maximum Gasteiger partial charge on any atom is 0.258 e. The first-order chi connectivity index (χ1) is 12.4. The van der Waals surface area contributed by atoms with Crippen molar-refractivity contribution in [1.29, 1.82) is 0 Å². The van der Waals surface area contributed by atoms with E-state index in [1.165, 1.54) is 34.8 Å². The van der Waals surface area contributed by atoms with Gasteiger partial charge in [0, 0.05) is 25.0 Å². The van der Waals surface area contributed by atoms with Gasteiger partial charge < -0.3 is 10.1 Å². The zero-order valence-corrected chi connectivity index (χ0v) is 15.8. The maximum absolute atomic E-state index is 12.8. The minimum absolute atomic E-state index is 0.0557. The number of ether oxygens (including phenoxy) is 1. The highest BCUT2D eigenvalue weighted by atomic mass is 35.5. The molecular formula is C16H15Cl2N3O4S. The van der Waals surface area contributed by atoms with E-state index < -0.39 is 15.9 Å². The Hall–Kier alpha value is -1.71. The molecule has 1 aliphatic rings. The summed E-state index contributed by atoms with van der Waals surface area (Å²) in [5, 5.41) is 2.75. The monoisotopic (exact) mass is 415 g/mol. The second kappa shape index (κ2) is 7.89. The molecule has 138 valence electrons. The van der Waals surface area contributed by atoms with Crippen molar-refractivity contribution in [2.45, 2.75) is 4.90 Å². The van der Waals surface area contributed by atoms with Crippen molar-refractivity contribution in [1.82, 2.24) is 9.29 Å². The van der Waals surface area contributed by atoms with Crippen LogP contribution in [0.2, 0.25) is 10.2 Å². The predicted octanol–water partition coefficient (Wildman–Crippen LogP) is 2.66. The van der Waals surface area contributed by atoms with Crippen LogP contribution in [0.3, 0.4) is 0 Å².